The van der Waals surface area contributed by atoms with Crippen LogP contribution < -0.4 is 5.32 Å². The van der Waals surface area contributed by atoms with Gasteiger partial charge < -0.3 is 10.1 Å². The van der Waals surface area contributed by atoms with E-state index in [9.17, 15) is 9.59 Å². The fourth-order valence-corrected chi connectivity index (χ4v) is 1.30. The number of benzene rings is 1. The molecule has 1 rings (SSSR count). The molecule has 4 heteroatoms. The average molecular weight is 235 g/mol. The molecule has 0 bridgehead atoms. The van der Waals surface area contributed by atoms with Gasteiger partial charge in [0, 0.05) is 6.54 Å². The summed E-state index contributed by atoms with van der Waals surface area (Å²) in [7, 11) is 0. The predicted octanol–water partition coefficient (Wildman–Crippen LogP) is 1.30. The van der Waals surface area contributed by atoms with Gasteiger partial charge in [0.2, 0.25) is 0 Å². The second kappa shape index (κ2) is 7.44. The molecule has 0 saturated carbocycles. The molecule has 4 nitrogen and oxygen atoms in total. The van der Waals surface area contributed by atoms with Crippen LogP contribution in [0, 0.1) is 0 Å². The highest BCUT2D eigenvalue weighted by atomic mass is 16.5. The van der Waals surface area contributed by atoms with E-state index in [0.717, 1.165) is 5.56 Å². The minimum absolute atomic E-state index is 0.283. The molecule has 0 aliphatic heterocycles. The molecule has 0 spiro atoms. The first-order valence-corrected chi connectivity index (χ1v) is 5.73. The van der Waals surface area contributed by atoms with Crippen molar-refractivity contribution in [3.8, 4) is 0 Å². The molecule has 17 heavy (non-hydrogen) atoms. The number of amides is 1. The Labute approximate surface area is 101 Å². The predicted molar refractivity (Wildman–Crippen MR) is 64.4 cm³/mol. The molecule has 0 heterocycles. The smallest absolute Gasteiger partial charge is 0.396 e. The highest BCUT2D eigenvalue weighted by Gasteiger charge is 2.13. The van der Waals surface area contributed by atoms with E-state index >= 15 is 0 Å². The van der Waals surface area contributed by atoms with Crippen molar-refractivity contribution in [2.45, 2.75) is 19.8 Å². The van der Waals surface area contributed by atoms with Crippen LogP contribution in [0.1, 0.15) is 18.9 Å². The van der Waals surface area contributed by atoms with E-state index < -0.39 is 11.9 Å². The Kier molecular flexibility index (Phi) is 5.79. The quantitative estimate of drug-likeness (QED) is 0.618. The SMILES string of the molecule is CCCOC(=O)C(=O)NCCc1ccccc1. The normalized spacial score (nSPS) is 9.71. The number of hydrogen-bond donors (Lipinski definition) is 1. The molecule has 0 fully saturated rings. The largest absolute Gasteiger partial charge is 0.459 e. The van der Waals surface area contributed by atoms with Crippen molar-refractivity contribution in [2.24, 2.45) is 0 Å². The maximum absolute atomic E-state index is 11.3. The minimum Gasteiger partial charge on any atom is -0.459 e. The monoisotopic (exact) mass is 235 g/mol. The van der Waals surface area contributed by atoms with Gasteiger partial charge in [0.25, 0.3) is 0 Å². The first kappa shape index (κ1) is 13.2. The zero-order valence-electron chi connectivity index (χ0n) is 9.94. The summed E-state index contributed by atoms with van der Waals surface area (Å²) in [6, 6.07) is 9.76. The molecular weight excluding hydrogens is 218 g/mol. The molecule has 92 valence electrons. The highest BCUT2D eigenvalue weighted by molar-refractivity contribution is 6.32. The second-order valence-electron chi connectivity index (χ2n) is 3.63. The van der Waals surface area contributed by atoms with Crippen LogP contribution in [-0.4, -0.2) is 25.0 Å². The van der Waals surface area contributed by atoms with Crippen LogP contribution in [0.2, 0.25) is 0 Å². The van der Waals surface area contributed by atoms with E-state index in [2.05, 4.69) is 5.32 Å². The maximum Gasteiger partial charge on any atom is 0.396 e. The summed E-state index contributed by atoms with van der Waals surface area (Å²) in [4.78, 5) is 22.4. The van der Waals surface area contributed by atoms with Gasteiger partial charge in [0.05, 0.1) is 6.61 Å². The molecule has 1 amide bonds. The number of carbonyl (C=O) groups is 2. The Balaban J connectivity index is 2.22. The summed E-state index contributed by atoms with van der Waals surface area (Å²) in [5.74, 6) is -1.48. The van der Waals surface area contributed by atoms with E-state index in [1.807, 2.05) is 37.3 Å². The number of nitrogens with one attached hydrogen (secondary N) is 1. The summed E-state index contributed by atoms with van der Waals surface area (Å²) >= 11 is 0. The summed E-state index contributed by atoms with van der Waals surface area (Å²) < 4.78 is 4.70. The molecule has 1 N–H and O–H groups in total. The Morgan fingerprint density at radius 2 is 1.94 bits per heavy atom. The third kappa shape index (κ3) is 5.15. The summed E-state index contributed by atoms with van der Waals surface area (Å²) in [5.41, 5.74) is 1.12. The van der Waals surface area contributed by atoms with Crippen LogP contribution in [0.25, 0.3) is 0 Å². The van der Waals surface area contributed by atoms with Crippen molar-refractivity contribution in [3.05, 3.63) is 35.9 Å². The highest BCUT2D eigenvalue weighted by Crippen LogP contribution is 1.98. The van der Waals surface area contributed by atoms with Gasteiger partial charge in [-0.1, -0.05) is 37.3 Å². The van der Waals surface area contributed by atoms with Gasteiger partial charge in [-0.2, -0.15) is 0 Å². The Morgan fingerprint density at radius 1 is 1.24 bits per heavy atom. The molecule has 0 atom stereocenters. The zero-order chi connectivity index (χ0) is 12.5. The van der Waals surface area contributed by atoms with Crippen LogP contribution in [-0.2, 0) is 20.7 Å². The first-order chi connectivity index (χ1) is 8.24. The minimum atomic E-state index is -0.806. The van der Waals surface area contributed by atoms with Gasteiger partial charge in [-0.05, 0) is 18.4 Å². The van der Waals surface area contributed by atoms with Crippen molar-refractivity contribution in [1.29, 1.82) is 0 Å². The van der Waals surface area contributed by atoms with Gasteiger partial charge in [0.1, 0.15) is 0 Å². The Morgan fingerprint density at radius 3 is 2.59 bits per heavy atom. The Bertz CT molecular complexity index is 362. The number of ether oxygens (including phenoxy) is 1. The lowest BCUT2D eigenvalue weighted by Gasteiger charge is -2.05. The van der Waals surface area contributed by atoms with Gasteiger partial charge in [-0.3, -0.25) is 4.79 Å². The third-order valence-electron chi connectivity index (χ3n) is 2.16. The van der Waals surface area contributed by atoms with Crippen LogP contribution in [0.5, 0.6) is 0 Å². The number of hydrogen-bond acceptors (Lipinski definition) is 3. The van der Waals surface area contributed by atoms with E-state index in [4.69, 9.17) is 4.74 Å². The third-order valence-corrected chi connectivity index (χ3v) is 2.16. The molecule has 0 unspecified atom stereocenters. The van der Waals surface area contributed by atoms with Crippen LogP contribution in [0.3, 0.4) is 0 Å². The van der Waals surface area contributed by atoms with Crippen molar-refractivity contribution < 1.29 is 14.3 Å². The van der Waals surface area contributed by atoms with E-state index in [0.29, 0.717) is 19.4 Å². The molecule has 1 aromatic rings. The van der Waals surface area contributed by atoms with Crippen LogP contribution in [0.15, 0.2) is 30.3 Å². The molecular formula is C13H17NO3. The van der Waals surface area contributed by atoms with Crippen molar-refractivity contribution in [3.63, 3.8) is 0 Å². The Hall–Kier alpha value is -1.84. The summed E-state index contributed by atoms with van der Waals surface area (Å²) in [6.07, 6.45) is 1.41. The lowest BCUT2D eigenvalue weighted by atomic mass is 10.1. The van der Waals surface area contributed by atoms with Crippen molar-refractivity contribution in [2.75, 3.05) is 13.2 Å². The number of esters is 1. The first-order valence-electron chi connectivity index (χ1n) is 5.73. The molecule has 0 aliphatic carbocycles. The maximum atomic E-state index is 11.3. The number of carbonyl (C=O) groups excluding carboxylic acids is 2. The van der Waals surface area contributed by atoms with Gasteiger partial charge in [-0.15, -0.1) is 0 Å². The van der Waals surface area contributed by atoms with Crippen molar-refractivity contribution in [1.82, 2.24) is 5.32 Å². The summed E-state index contributed by atoms with van der Waals surface area (Å²) in [6.45, 7) is 2.59. The van der Waals surface area contributed by atoms with Gasteiger partial charge in [0.15, 0.2) is 0 Å². The van der Waals surface area contributed by atoms with Gasteiger partial charge >= 0.3 is 11.9 Å². The standard InChI is InChI=1S/C13H17NO3/c1-2-10-17-13(16)12(15)14-9-8-11-6-4-3-5-7-11/h3-7H,2,8-10H2,1H3,(H,14,15). The lowest BCUT2D eigenvalue weighted by Crippen LogP contribution is -2.34. The van der Waals surface area contributed by atoms with Crippen LogP contribution >= 0.6 is 0 Å². The lowest BCUT2D eigenvalue weighted by molar-refractivity contribution is -0.154. The van der Waals surface area contributed by atoms with E-state index in [1.54, 1.807) is 0 Å². The molecule has 0 aliphatic rings. The van der Waals surface area contributed by atoms with Gasteiger partial charge in [-0.25, -0.2) is 4.79 Å². The fraction of sp³-hybridized carbons (Fsp3) is 0.385. The van der Waals surface area contributed by atoms with Crippen LogP contribution in [0.4, 0.5) is 0 Å². The molecule has 1 aromatic carbocycles. The fourth-order valence-electron chi connectivity index (χ4n) is 1.30. The van der Waals surface area contributed by atoms with Crippen molar-refractivity contribution >= 4 is 11.9 Å². The second-order valence-corrected chi connectivity index (χ2v) is 3.63. The van der Waals surface area contributed by atoms with E-state index in [1.165, 1.54) is 0 Å². The molecule has 0 saturated heterocycles. The molecule has 0 radical (unpaired) electrons. The molecule has 0 aromatic heterocycles. The number of rotatable bonds is 5. The average Bonchev–Trinajstić information content (AvgIpc) is 2.37. The zero-order valence-corrected chi connectivity index (χ0v) is 9.94. The topological polar surface area (TPSA) is 55.4 Å². The summed E-state index contributed by atoms with van der Waals surface area (Å²) in [5, 5.41) is 2.53. The van der Waals surface area contributed by atoms with E-state index in [-0.39, 0.29) is 6.61 Å².